The van der Waals surface area contributed by atoms with Gasteiger partial charge in [-0.05, 0) is 115 Å². The van der Waals surface area contributed by atoms with E-state index < -0.39 is 0 Å². The van der Waals surface area contributed by atoms with E-state index in [9.17, 15) is 5.26 Å². The average molecular weight is 550 g/mol. The van der Waals surface area contributed by atoms with Crippen LogP contribution in [0.2, 0.25) is 0 Å². The van der Waals surface area contributed by atoms with Gasteiger partial charge in [-0.1, -0.05) is 12.1 Å². The molecular formula is C37H31N3O2. The van der Waals surface area contributed by atoms with E-state index >= 15 is 0 Å². The fraction of sp³-hybridized carbons (Fsp3) is 0.270. The number of hydrogen-bond acceptors (Lipinski definition) is 5. The van der Waals surface area contributed by atoms with Crippen molar-refractivity contribution in [2.24, 2.45) is 0 Å². The Morgan fingerprint density at radius 1 is 0.500 bits per heavy atom. The highest BCUT2D eigenvalue weighted by molar-refractivity contribution is 6.20. The minimum atomic E-state index is 0.464. The van der Waals surface area contributed by atoms with Crippen molar-refractivity contribution in [2.75, 3.05) is 36.0 Å². The molecule has 42 heavy (non-hydrogen) atoms. The van der Waals surface area contributed by atoms with Crippen LogP contribution in [0.3, 0.4) is 0 Å². The number of fused-ring (bicyclic) bond motifs is 8. The summed E-state index contributed by atoms with van der Waals surface area (Å²) in [5.74, 6) is 0. The molecule has 0 N–H and O–H groups in total. The fourth-order valence-electron chi connectivity index (χ4n) is 7.40. The number of nitriles is 1. The molecule has 0 amide bonds. The maximum atomic E-state index is 10.3. The van der Waals surface area contributed by atoms with Crippen LogP contribution in [0, 0.1) is 11.3 Å². The van der Waals surface area contributed by atoms with Crippen molar-refractivity contribution < 1.29 is 8.83 Å². The lowest BCUT2D eigenvalue weighted by Gasteiger charge is -2.29. The second-order valence-electron chi connectivity index (χ2n) is 12.2. The van der Waals surface area contributed by atoms with Gasteiger partial charge in [0.25, 0.3) is 0 Å². The molecule has 0 aliphatic carbocycles. The third kappa shape index (κ3) is 3.61. The Bertz CT molecular complexity index is 2090. The predicted molar refractivity (Wildman–Crippen MR) is 173 cm³/mol. The number of piperidine rings is 2. The monoisotopic (exact) mass is 549 g/mol. The first kappa shape index (κ1) is 24.0. The first-order valence-electron chi connectivity index (χ1n) is 15.4. The second kappa shape index (κ2) is 9.16. The summed E-state index contributed by atoms with van der Waals surface area (Å²) in [7, 11) is 0. The number of anilines is 2. The highest BCUT2D eigenvalue weighted by Gasteiger charge is 2.21. The van der Waals surface area contributed by atoms with Crippen LogP contribution in [-0.2, 0) is 0 Å². The number of furan rings is 2. The van der Waals surface area contributed by atoms with Gasteiger partial charge in [0.2, 0.25) is 0 Å². The normalized spacial score (nSPS) is 16.5. The van der Waals surface area contributed by atoms with Crippen LogP contribution in [0.4, 0.5) is 11.4 Å². The molecule has 9 rings (SSSR count). The minimum absolute atomic E-state index is 0.464. The first-order chi connectivity index (χ1) is 20.7. The molecule has 0 saturated carbocycles. The Morgan fingerprint density at radius 3 is 1.43 bits per heavy atom. The average Bonchev–Trinajstić information content (AvgIpc) is 3.58. The summed E-state index contributed by atoms with van der Waals surface area (Å²) in [5.41, 5.74) is 5.82. The Kier molecular flexibility index (Phi) is 5.22. The lowest BCUT2D eigenvalue weighted by molar-refractivity contribution is 0.578. The van der Waals surface area contributed by atoms with E-state index in [1.165, 1.54) is 60.7 Å². The summed E-state index contributed by atoms with van der Waals surface area (Å²) < 4.78 is 12.9. The van der Waals surface area contributed by atoms with Gasteiger partial charge in [0.15, 0.2) is 11.2 Å². The zero-order valence-electron chi connectivity index (χ0n) is 23.6. The van der Waals surface area contributed by atoms with Gasteiger partial charge in [-0.2, -0.15) is 5.26 Å². The molecule has 2 saturated heterocycles. The maximum absolute atomic E-state index is 10.3. The Balaban J connectivity index is 1.22. The van der Waals surface area contributed by atoms with E-state index in [0.29, 0.717) is 16.7 Å². The van der Waals surface area contributed by atoms with Gasteiger partial charge in [-0.15, -0.1) is 0 Å². The standard InChI is InChI=1S/C37H31N3O2/c38-22-33-36-31(29-17-23-7-9-27(39-11-3-1-4-12-39)15-25(23)19-34(29)41-36)21-32-30-18-24-8-10-28(40-13-5-2-6-14-40)16-26(24)20-35(30)42-37(32)33/h7-10,15-21H,1-6,11-14H2. The molecule has 2 aliphatic rings. The van der Waals surface area contributed by atoms with Crippen LogP contribution < -0.4 is 9.80 Å². The zero-order chi connectivity index (χ0) is 27.8. The van der Waals surface area contributed by atoms with Gasteiger partial charge in [-0.3, -0.25) is 0 Å². The molecule has 5 heteroatoms. The number of nitrogens with zero attached hydrogens (tertiary/aromatic N) is 3. The first-order valence-corrected chi connectivity index (χ1v) is 15.4. The van der Waals surface area contributed by atoms with Crippen molar-refractivity contribution in [3.05, 3.63) is 72.3 Å². The summed E-state index contributed by atoms with van der Waals surface area (Å²) in [6, 6.07) is 26.7. The summed E-state index contributed by atoms with van der Waals surface area (Å²) in [5, 5.41) is 19.0. The molecule has 2 aromatic heterocycles. The topological polar surface area (TPSA) is 56.6 Å². The number of benzene rings is 5. The smallest absolute Gasteiger partial charge is 0.157 e. The number of hydrogen-bond donors (Lipinski definition) is 0. The molecule has 2 fully saturated rings. The van der Waals surface area contributed by atoms with E-state index in [0.717, 1.165) is 69.7 Å². The van der Waals surface area contributed by atoms with Crippen LogP contribution in [0.5, 0.6) is 0 Å². The van der Waals surface area contributed by atoms with E-state index in [-0.39, 0.29) is 0 Å². The summed E-state index contributed by atoms with van der Waals surface area (Å²) in [6.45, 7) is 4.47. The van der Waals surface area contributed by atoms with Crippen LogP contribution in [-0.4, -0.2) is 26.2 Å². The van der Waals surface area contributed by atoms with Gasteiger partial charge in [-0.25, -0.2) is 0 Å². The SMILES string of the molecule is N#Cc1c2oc3cc4cc(N5CCCCC5)ccc4cc3c2cc2c1oc1cc3cc(N4CCCCC4)ccc3cc12. The molecule has 0 atom stereocenters. The van der Waals surface area contributed by atoms with E-state index in [1.54, 1.807) is 0 Å². The highest BCUT2D eigenvalue weighted by atomic mass is 16.3. The van der Waals surface area contributed by atoms with Crippen molar-refractivity contribution >= 4 is 76.8 Å². The van der Waals surface area contributed by atoms with E-state index in [2.05, 4.69) is 82.6 Å². The molecule has 4 heterocycles. The molecule has 0 unspecified atom stereocenters. The van der Waals surface area contributed by atoms with Gasteiger partial charge >= 0.3 is 0 Å². The molecule has 7 aromatic rings. The molecule has 5 nitrogen and oxygen atoms in total. The quantitative estimate of drug-likeness (QED) is 0.215. The van der Waals surface area contributed by atoms with Crippen molar-refractivity contribution in [1.29, 1.82) is 5.26 Å². The van der Waals surface area contributed by atoms with Crippen LogP contribution in [0.25, 0.3) is 65.4 Å². The van der Waals surface area contributed by atoms with E-state index in [4.69, 9.17) is 8.83 Å². The Hall–Kier alpha value is -4.69. The van der Waals surface area contributed by atoms with E-state index in [1.807, 2.05) is 0 Å². The second-order valence-corrected chi connectivity index (χ2v) is 12.2. The molecule has 0 bridgehead atoms. The molecular weight excluding hydrogens is 518 g/mol. The van der Waals surface area contributed by atoms with Crippen LogP contribution in [0.15, 0.2) is 75.6 Å². The fourth-order valence-corrected chi connectivity index (χ4v) is 7.40. The lowest BCUT2D eigenvalue weighted by Crippen LogP contribution is -2.29. The van der Waals surface area contributed by atoms with Gasteiger partial charge in [0, 0.05) is 59.1 Å². The van der Waals surface area contributed by atoms with Gasteiger partial charge < -0.3 is 18.6 Å². The summed E-state index contributed by atoms with van der Waals surface area (Å²) in [4.78, 5) is 4.97. The van der Waals surface area contributed by atoms with Crippen molar-refractivity contribution in [3.63, 3.8) is 0 Å². The Labute approximate surface area is 243 Å². The lowest BCUT2D eigenvalue weighted by atomic mass is 10.0. The minimum Gasteiger partial charge on any atom is -0.454 e. The largest absolute Gasteiger partial charge is 0.454 e. The van der Waals surface area contributed by atoms with Crippen molar-refractivity contribution in [1.82, 2.24) is 0 Å². The molecule has 206 valence electrons. The number of rotatable bonds is 2. The Morgan fingerprint density at radius 2 is 0.976 bits per heavy atom. The molecule has 0 radical (unpaired) electrons. The van der Waals surface area contributed by atoms with Crippen molar-refractivity contribution in [3.8, 4) is 6.07 Å². The summed E-state index contributed by atoms with van der Waals surface area (Å²) >= 11 is 0. The maximum Gasteiger partial charge on any atom is 0.157 e. The summed E-state index contributed by atoms with van der Waals surface area (Å²) in [6.07, 6.45) is 7.65. The van der Waals surface area contributed by atoms with Gasteiger partial charge in [0.1, 0.15) is 22.8 Å². The predicted octanol–water partition coefficient (Wildman–Crippen LogP) is 9.64. The molecule has 0 spiro atoms. The van der Waals surface area contributed by atoms with Crippen molar-refractivity contribution in [2.45, 2.75) is 38.5 Å². The van der Waals surface area contributed by atoms with Crippen LogP contribution >= 0.6 is 0 Å². The third-order valence-corrected chi connectivity index (χ3v) is 9.64. The molecule has 2 aliphatic heterocycles. The zero-order valence-corrected chi connectivity index (χ0v) is 23.6. The van der Waals surface area contributed by atoms with Gasteiger partial charge in [0.05, 0.1) is 0 Å². The highest BCUT2D eigenvalue weighted by Crippen LogP contribution is 2.42. The molecule has 5 aromatic carbocycles. The van der Waals surface area contributed by atoms with Crippen LogP contribution in [0.1, 0.15) is 44.1 Å². The third-order valence-electron chi connectivity index (χ3n) is 9.64.